The van der Waals surface area contributed by atoms with E-state index in [1.54, 1.807) is 0 Å². The van der Waals surface area contributed by atoms with Crippen molar-refractivity contribution < 1.29 is 0 Å². The molecule has 1 aromatic carbocycles. The normalized spacial score (nSPS) is 16.8. The van der Waals surface area contributed by atoms with Crippen LogP contribution in [0.5, 0.6) is 0 Å². The van der Waals surface area contributed by atoms with Gasteiger partial charge in [0.25, 0.3) is 0 Å². The van der Waals surface area contributed by atoms with Crippen molar-refractivity contribution in [3.05, 3.63) is 29.5 Å². The second kappa shape index (κ2) is 5.11. The second-order valence-electron chi connectivity index (χ2n) is 4.73. The molecule has 1 aliphatic heterocycles. The van der Waals surface area contributed by atoms with Crippen LogP contribution >= 0.6 is 11.6 Å². The van der Waals surface area contributed by atoms with Gasteiger partial charge in [-0.1, -0.05) is 25.0 Å². The molecule has 0 aliphatic carbocycles. The maximum absolute atomic E-state index is 6.03. The fraction of sp³-hybridized carbons (Fsp3) is 0.429. The van der Waals surface area contributed by atoms with Gasteiger partial charge in [-0.15, -0.1) is 0 Å². The highest BCUT2D eigenvalue weighted by Crippen LogP contribution is 2.27. The summed E-state index contributed by atoms with van der Waals surface area (Å²) in [5.74, 6) is 0.993. The highest BCUT2D eigenvalue weighted by atomic mass is 35.5. The van der Waals surface area contributed by atoms with E-state index >= 15 is 0 Å². The Morgan fingerprint density at radius 3 is 2.44 bits per heavy atom. The van der Waals surface area contributed by atoms with E-state index in [4.69, 9.17) is 11.6 Å². The number of anilines is 1. The Bertz CT molecular complexity index is 548. The van der Waals surface area contributed by atoms with Gasteiger partial charge in [0, 0.05) is 18.5 Å². The zero-order valence-electron chi connectivity index (χ0n) is 10.3. The molecule has 0 N–H and O–H groups in total. The third-order valence-electron chi connectivity index (χ3n) is 3.46. The molecular weight excluding hydrogens is 246 g/mol. The first-order chi connectivity index (χ1) is 8.84. The van der Waals surface area contributed by atoms with Crippen molar-refractivity contribution in [3.8, 4) is 0 Å². The second-order valence-corrected chi connectivity index (χ2v) is 5.07. The molecule has 2 aromatic rings. The molecule has 94 valence electrons. The lowest BCUT2D eigenvalue weighted by Crippen LogP contribution is -2.25. The van der Waals surface area contributed by atoms with Gasteiger partial charge in [0.15, 0.2) is 0 Å². The van der Waals surface area contributed by atoms with Crippen LogP contribution in [0, 0.1) is 0 Å². The van der Waals surface area contributed by atoms with E-state index in [9.17, 15) is 0 Å². The summed E-state index contributed by atoms with van der Waals surface area (Å²) < 4.78 is 0. The third-order valence-corrected chi connectivity index (χ3v) is 3.63. The largest absolute Gasteiger partial charge is 0.356 e. The molecule has 1 fully saturated rings. The lowest BCUT2D eigenvalue weighted by Gasteiger charge is -2.22. The number of fused-ring (bicyclic) bond motifs is 1. The average Bonchev–Trinajstić information content (AvgIpc) is 2.66. The maximum atomic E-state index is 6.03. The minimum absolute atomic E-state index is 0.341. The van der Waals surface area contributed by atoms with E-state index in [1.165, 1.54) is 25.7 Å². The summed E-state index contributed by atoms with van der Waals surface area (Å²) in [6.45, 7) is 2.13. The fourth-order valence-electron chi connectivity index (χ4n) is 2.56. The summed E-state index contributed by atoms with van der Waals surface area (Å²) in [6.07, 6.45) is 5.09. The zero-order valence-corrected chi connectivity index (χ0v) is 11.0. The van der Waals surface area contributed by atoms with Gasteiger partial charge in [0.05, 0.1) is 5.52 Å². The van der Waals surface area contributed by atoms with Crippen LogP contribution in [0.25, 0.3) is 10.9 Å². The van der Waals surface area contributed by atoms with E-state index in [1.807, 2.05) is 18.2 Å². The molecule has 4 heteroatoms. The zero-order chi connectivity index (χ0) is 12.4. The molecule has 0 amide bonds. The first-order valence-corrected chi connectivity index (χ1v) is 6.89. The van der Waals surface area contributed by atoms with Crippen LogP contribution in [-0.2, 0) is 0 Å². The van der Waals surface area contributed by atoms with Crippen LogP contribution in [0.1, 0.15) is 25.7 Å². The van der Waals surface area contributed by atoms with Gasteiger partial charge >= 0.3 is 0 Å². The summed E-state index contributed by atoms with van der Waals surface area (Å²) >= 11 is 6.03. The highest BCUT2D eigenvalue weighted by molar-refractivity contribution is 6.28. The third kappa shape index (κ3) is 2.27. The smallest absolute Gasteiger partial charge is 0.224 e. The molecule has 0 radical (unpaired) electrons. The van der Waals surface area contributed by atoms with Gasteiger partial charge in [-0.25, -0.2) is 4.98 Å². The topological polar surface area (TPSA) is 29.0 Å². The minimum Gasteiger partial charge on any atom is -0.356 e. The molecular formula is C14H16ClN3. The average molecular weight is 262 g/mol. The van der Waals surface area contributed by atoms with Crippen molar-refractivity contribution in [3.63, 3.8) is 0 Å². The Balaban J connectivity index is 2.08. The number of hydrogen-bond acceptors (Lipinski definition) is 3. The molecule has 18 heavy (non-hydrogen) atoms. The van der Waals surface area contributed by atoms with Crippen molar-refractivity contribution in [2.45, 2.75) is 25.7 Å². The standard InChI is InChI=1S/C14H16ClN3/c15-14-16-12-8-4-3-7-11(12)13(17-14)18-9-5-1-2-6-10-18/h3-4,7-8H,1-2,5-6,9-10H2. The van der Waals surface area contributed by atoms with Crippen molar-refractivity contribution >= 4 is 28.3 Å². The van der Waals surface area contributed by atoms with E-state index in [0.717, 1.165) is 29.8 Å². The molecule has 1 aromatic heterocycles. The van der Waals surface area contributed by atoms with Gasteiger partial charge in [-0.05, 0) is 36.6 Å². The molecule has 2 heterocycles. The monoisotopic (exact) mass is 261 g/mol. The van der Waals surface area contributed by atoms with Crippen LogP contribution in [0.3, 0.4) is 0 Å². The minimum atomic E-state index is 0.341. The predicted octanol–water partition coefficient (Wildman–Crippen LogP) is 3.66. The number of rotatable bonds is 1. The number of benzene rings is 1. The number of hydrogen-bond donors (Lipinski definition) is 0. The molecule has 0 atom stereocenters. The molecule has 3 rings (SSSR count). The van der Waals surface area contributed by atoms with Crippen LogP contribution in [0.2, 0.25) is 5.28 Å². The molecule has 1 aliphatic rings. The summed E-state index contributed by atoms with van der Waals surface area (Å²) in [4.78, 5) is 11.1. The highest BCUT2D eigenvalue weighted by Gasteiger charge is 2.15. The lowest BCUT2D eigenvalue weighted by molar-refractivity contribution is 0.726. The quantitative estimate of drug-likeness (QED) is 0.734. The van der Waals surface area contributed by atoms with Crippen LogP contribution in [0.4, 0.5) is 5.82 Å². The Morgan fingerprint density at radius 2 is 1.67 bits per heavy atom. The summed E-state index contributed by atoms with van der Waals surface area (Å²) in [7, 11) is 0. The van der Waals surface area contributed by atoms with Crippen molar-refractivity contribution in [1.29, 1.82) is 0 Å². The number of halogens is 1. The molecule has 1 saturated heterocycles. The first kappa shape index (κ1) is 11.7. The van der Waals surface area contributed by atoms with Gasteiger partial charge in [-0.2, -0.15) is 4.98 Å². The molecule has 0 bridgehead atoms. The van der Waals surface area contributed by atoms with Gasteiger partial charge < -0.3 is 4.90 Å². The van der Waals surface area contributed by atoms with Crippen LogP contribution in [-0.4, -0.2) is 23.1 Å². The van der Waals surface area contributed by atoms with Gasteiger partial charge in [0.1, 0.15) is 5.82 Å². The number of nitrogens with zero attached hydrogens (tertiary/aromatic N) is 3. The Morgan fingerprint density at radius 1 is 0.944 bits per heavy atom. The Kier molecular flexibility index (Phi) is 3.33. The molecule has 0 unspecified atom stereocenters. The lowest BCUT2D eigenvalue weighted by atomic mass is 10.2. The van der Waals surface area contributed by atoms with Crippen molar-refractivity contribution in [2.75, 3.05) is 18.0 Å². The first-order valence-electron chi connectivity index (χ1n) is 6.52. The maximum Gasteiger partial charge on any atom is 0.224 e. The summed E-state index contributed by atoms with van der Waals surface area (Å²) in [6, 6.07) is 8.08. The van der Waals surface area contributed by atoms with Crippen LogP contribution in [0.15, 0.2) is 24.3 Å². The van der Waals surface area contributed by atoms with Crippen molar-refractivity contribution in [1.82, 2.24) is 9.97 Å². The molecule has 3 nitrogen and oxygen atoms in total. The SMILES string of the molecule is Clc1nc(N2CCCCCC2)c2ccccc2n1. The van der Waals surface area contributed by atoms with Crippen molar-refractivity contribution in [2.24, 2.45) is 0 Å². The molecule has 0 saturated carbocycles. The van der Waals surface area contributed by atoms with E-state index in [-0.39, 0.29) is 0 Å². The number of aromatic nitrogens is 2. The van der Waals surface area contributed by atoms with Crippen LogP contribution < -0.4 is 4.90 Å². The Labute approximate surface area is 112 Å². The van der Waals surface area contributed by atoms with Gasteiger partial charge in [-0.3, -0.25) is 0 Å². The molecule has 0 spiro atoms. The number of para-hydroxylation sites is 1. The van der Waals surface area contributed by atoms with E-state index < -0.39 is 0 Å². The Hall–Kier alpha value is -1.35. The van der Waals surface area contributed by atoms with Gasteiger partial charge in [0.2, 0.25) is 5.28 Å². The van der Waals surface area contributed by atoms with E-state index in [2.05, 4.69) is 20.9 Å². The summed E-state index contributed by atoms with van der Waals surface area (Å²) in [5, 5.41) is 1.44. The fourth-order valence-corrected chi connectivity index (χ4v) is 2.73. The summed E-state index contributed by atoms with van der Waals surface area (Å²) in [5.41, 5.74) is 0.928. The van der Waals surface area contributed by atoms with E-state index in [0.29, 0.717) is 5.28 Å². The predicted molar refractivity (Wildman–Crippen MR) is 75.2 cm³/mol.